The quantitative estimate of drug-likeness (QED) is 0.750. The molecule has 0 spiro atoms. The maximum atomic E-state index is 12.5. The van der Waals surface area contributed by atoms with Gasteiger partial charge in [-0.1, -0.05) is 23.7 Å². The van der Waals surface area contributed by atoms with E-state index in [0.29, 0.717) is 0 Å². The van der Waals surface area contributed by atoms with Crippen LogP contribution in [0.1, 0.15) is 31.4 Å². The van der Waals surface area contributed by atoms with Gasteiger partial charge in [0.2, 0.25) is 11.8 Å². The van der Waals surface area contributed by atoms with Gasteiger partial charge >= 0.3 is 0 Å². The number of likely N-dealkylation sites (tertiary alicyclic amines) is 1. The average Bonchev–Trinajstić information content (AvgIpc) is 3.25. The van der Waals surface area contributed by atoms with Crippen molar-refractivity contribution in [1.82, 2.24) is 24.9 Å². The van der Waals surface area contributed by atoms with Gasteiger partial charge in [0.15, 0.2) is 0 Å². The van der Waals surface area contributed by atoms with Crippen LogP contribution >= 0.6 is 11.6 Å². The molecule has 3 rings (SSSR count). The molecule has 7 nitrogen and oxygen atoms in total. The number of nitrogens with zero attached hydrogens (tertiary/aromatic N) is 4. The molecule has 156 valence electrons. The zero-order chi connectivity index (χ0) is 20.8. The summed E-state index contributed by atoms with van der Waals surface area (Å²) in [7, 11) is 1.65. The van der Waals surface area contributed by atoms with Gasteiger partial charge in [-0.3, -0.25) is 19.2 Å². The minimum atomic E-state index is -0.432. The van der Waals surface area contributed by atoms with Crippen molar-refractivity contribution in [3.8, 4) is 0 Å². The molecule has 0 saturated carbocycles. The van der Waals surface area contributed by atoms with Crippen molar-refractivity contribution in [3.63, 3.8) is 0 Å². The Morgan fingerprint density at radius 2 is 1.97 bits per heavy atom. The standard InChI is InChI=1S/C21H28ClN5O2/c1-16(27-11-3-10-23-27)21(29)25(2)15-20(28)24-19-8-12-26(13-9-19)14-17-4-6-18(22)7-5-17/h3-7,10-11,16,19H,8-9,12-15H2,1-2H3,(H,24,28)/t16-/m0/s1. The van der Waals surface area contributed by atoms with Gasteiger partial charge in [-0.05, 0) is 43.5 Å². The number of halogens is 1. The van der Waals surface area contributed by atoms with Crippen molar-refractivity contribution < 1.29 is 9.59 Å². The van der Waals surface area contributed by atoms with Gasteiger partial charge in [-0.15, -0.1) is 0 Å². The van der Waals surface area contributed by atoms with E-state index in [1.54, 1.807) is 37.1 Å². The summed E-state index contributed by atoms with van der Waals surface area (Å²) in [6.07, 6.45) is 5.19. The monoisotopic (exact) mass is 417 g/mol. The van der Waals surface area contributed by atoms with Crippen molar-refractivity contribution in [2.75, 3.05) is 26.7 Å². The third-order valence-corrected chi connectivity index (χ3v) is 5.56. The number of rotatable bonds is 7. The molecule has 2 heterocycles. The Kier molecular flexibility index (Phi) is 7.28. The summed E-state index contributed by atoms with van der Waals surface area (Å²) in [5, 5.41) is 7.91. The van der Waals surface area contributed by atoms with E-state index < -0.39 is 6.04 Å². The third kappa shape index (κ3) is 6.05. The summed E-state index contributed by atoms with van der Waals surface area (Å²) in [6, 6.07) is 9.41. The number of benzene rings is 1. The van der Waals surface area contributed by atoms with E-state index in [-0.39, 0.29) is 24.4 Å². The number of amides is 2. The molecule has 1 fully saturated rings. The van der Waals surface area contributed by atoms with E-state index in [4.69, 9.17) is 11.6 Å². The fourth-order valence-corrected chi connectivity index (χ4v) is 3.72. The maximum Gasteiger partial charge on any atom is 0.247 e. The van der Waals surface area contributed by atoms with Gasteiger partial charge in [0.1, 0.15) is 6.04 Å². The molecule has 8 heteroatoms. The van der Waals surface area contributed by atoms with Crippen LogP contribution in [-0.4, -0.2) is 64.1 Å². The fourth-order valence-electron chi connectivity index (χ4n) is 3.59. The summed E-state index contributed by atoms with van der Waals surface area (Å²) < 4.78 is 1.59. The molecule has 1 N–H and O–H groups in total. The molecule has 2 amide bonds. The molecule has 0 unspecified atom stereocenters. The second-order valence-corrected chi connectivity index (χ2v) is 8.04. The minimum absolute atomic E-state index is 0.0510. The number of piperidine rings is 1. The maximum absolute atomic E-state index is 12.5. The van der Waals surface area contributed by atoms with Crippen LogP contribution in [0.15, 0.2) is 42.7 Å². The van der Waals surface area contributed by atoms with Crippen LogP contribution in [0.25, 0.3) is 0 Å². The predicted molar refractivity (Wildman–Crippen MR) is 112 cm³/mol. The van der Waals surface area contributed by atoms with Gasteiger partial charge in [-0.2, -0.15) is 5.10 Å². The lowest BCUT2D eigenvalue weighted by Gasteiger charge is -2.32. The highest BCUT2D eigenvalue weighted by molar-refractivity contribution is 6.30. The summed E-state index contributed by atoms with van der Waals surface area (Å²) in [5.41, 5.74) is 1.24. The summed E-state index contributed by atoms with van der Waals surface area (Å²) in [4.78, 5) is 28.7. The highest BCUT2D eigenvalue weighted by Gasteiger charge is 2.24. The van der Waals surface area contributed by atoms with Crippen LogP contribution in [0.3, 0.4) is 0 Å². The van der Waals surface area contributed by atoms with Gasteiger partial charge in [0.05, 0.1) is 6.54 Å². The SMILES string of the molecule is C[C@@H](C(=O)N(C)CC(=O)NC1CCN(Cc2ccc(Cl)cc2)CC1)n1cccn1. The normalized spacial score (nSPS) is 16.4. The first kappa shape index (κ1) is 21.3. The molecule has 1 aromatic carbocycles. The van der Waals surface area contributed by atoms with E-state index in [0.717, 1.165) is 37.5 Å². The Balaban J connectivity index is 1.40. The number of aromatic nitrogens is 2. The lowest BCUT2D eigenvalue weighted by Crippen LogP contribution is -2.48. The van der Waals surface area contributed by atoms with E-state index in [9.17, 15) is 9.59 Å². The molecular formula is C21H28ClN5O2. The van der Waals surface area contributed by atoms with Gasteiger partial charge in [0.25, 0.3) is 0 Å². The first-order chi connectivity index (χ1) is 13.9. The van der Waals surface area contributed by atoms with Crippen molar-refractivity contribution in [3.05, 3.63) is 53.3 Å². The molecule has 1 saturated heterocycles. The molecule has 1 aliphatic rings. The molecule has 0 aliphatic carbocycles. The summed E-state index contributed by atoms with van der Waals surface area (Å²) in [5.74, 6) is -0.258. The van der Waals surface area contributed by atoms with Gasteiger partial charge in [0, 0.05) is 50.1 Å². The van der Waals surface area contributed by atoms with Crippen molar-refractivity contribution in [2.24, 2.45) is 0 Å². The summed E-state index contributed by atoms with van der Waals surface area (Å²) in [6.45, 7) is 4.58. The topological polar surface area (TPSA) is 70.5 Å². The molecular weight excluding hydrogens is 390 g/mol. The van der Waals surface area contributed by atoms with Crippen molar-refractivity contribution in [1.29, 1.82) is 0 Å². The zero-order valence-electron chi connectivity index (χ0n) is 16.9. The number of carbonyl (C=O) groups excluding carboxylic acids is 2. The second kappa shape index (κ2) is 9.89. The molecule has 2 aromatic rings. The van der Waals surface area contributed by atoms with E-state index in [1.165, 1.54) is 10.5 Å². The Bertz CT molecular complexity index is 801. The number of carbonyl (C=O) groups is 2. The summed E-state index contributed by atoms with van der Waals surface area (Å²) >= 11 is 5.94. The highest BCUT2D eigenvalue weighted by atomic mass is 35.5. The van der Waals surface area contributed by atoms with E-state index in [2.05, 4.69) is 15.3 Å². The van der Waals surface area contributed by atoms with Crippen LogP contribution < -0.4 is 5.32 Å². The highest BCUT2D eigenvalue weighted by Crippen LogP contribution is 2.16. The number of likely N-dealkylation sites (N-methyl/N-ethyl adjacent to an activating group) is 1. The minimum Gasteiger partial charge on any atom is -0.352 e. The lowest BCUT2D eigenvalue weighted by atomic mass is 10.0. The molecule has 1 aromatic heterocycles. The predicted octanol–water partition coefficient (Wildman–Crippen LogP) is 2.34. The molecule has 29 heavy (non-hydrogen) atoms. The molecule has 0 bridgehead atoms. The Labute approximate surface area is 176 Å². The largest absolute Gasteiger partial charge is 0.352 e. The van der Waals surface area contributed by atoms with Gasteiger partial charge in [-0.25, -0.2) is 0 Å². The number of nitrogens with one attached hydrogen (secondary N) is 1. The van der Waals surface area contributed by atoms with Crippen LogP contribution in [-0.2, 0) is 16.1 Å². The average molecular weight is 418 g/mol. The Morgan fingerprint density at radius 3 is 2.59 bits per heavy atom. The Hall–Kier alpha value is -2.38. The smallest absolute Gasteiger partial charge is 0.247 e. The molecule has 0 radical (unpaired) electrons. The molecule has 1 aliphatic heterocycles. The zero-order valence-corrected chi connectivity index (χ0v) is 17.7. The number of hydrogen-bond donors (Lipinski definition) is 1. The fraction of sp³-hybridized carbons (Fsp3) is 0.476. The first-order valence-corrected chi connectivity index (χ1v) is 10.3. The van der Waals surface area contributed by atoms with E-state index in [1.807, 2.05) is 24.3 Å². The van der Waals surface area contributed by atoms with Crippen LogP contribution in [0, 0.1) is 0 Å². The van der Waals surface area contributed by atoms with Gasteiger partial charge < -0.3 is 10.2 Å². The van der Waals surface area contributed by atoms with Crippen LogP contribution in [0.2, 0.25) is 5.02 Å². The van der Waals surface area contributed by atoms with Crippen LogP contribution in [0.4, 0.5) is 0 Å². The Morgan fingerprint density at radius 1 is 1.28 bits per heavy atom. The second-order valence-electron chi connectivity index (χ2n) is 7.60. The molecule has 1 atom stereocenters. The van der Waals surface area contributed by atoms with Crippen LogP contribution in [0.5, 0.6) is 0 Å². The third-order valence-electron chi connectivity index (χ3n) is 5.31. The van der Waals surface area contributed by atoms with Crippen molar-refractivity contribution in [2.45, 2.75) is 38.4 Å². The number of hydrogen-bond acceptors (Lipinski definition) is 4. The lowest BCUT2D eigenvalue weighted by molar-refractivity contribution is -0.137. The van der Waals surface area contributed by atoms with Crippen molar-refractivity contribution >= 4 is 23.4 Å². The first-order valence-electron chi connectivity index (χ1n) is 9.92. The van der Waals surface area contributed by atoms with E-state index >= 15 is 0 Å².